The number of aromatic amines is 1. The number of anilines is 2. The molecule has 1 heterocycles. The van der Waals surface area contributed by atoms with Crippen LogP contribution in [0, 0.1) is 5.82 Å². The molecule has 3 rings (SSSR count). The molecule has 3 aromatic rings. The maximum absolute atomic E-state index is 13.8. The first-order chi connectivity index (χ1) is 11.5. The Balaban J connectivity index is 1.92. The first-order valence-electron chi connectivity index (χ1n) is 7.09. The lowest BCUT2D eigenvalue weighted by Gasteiger charge is -2.11. The number of nitrogens with two attached hydrogens (primary N) is 1. The van der Waals surface area contributed by atoms with Crippen LogP contribution in [0.25, 0.3) is 11.0 Å². The van der Waals surface area contributed by atoms with Crippen LogP contribution in [0.3, 0.4) is 0 Å². The Labute approximate surface area is 141 Å². The largest absolute Gasteiger partial charge is 0.397 e. The van der Waals surface area contributed by atoms with Crippen molar-refractivity contribution in [3.63, 3.8) is 0 Å². The molecule has 0 aliphatic rings. The van der Waals surface area contributed by atoms with Gasteiger partial charge < -0.3 is 21.1 Å². The van der Waals surface area contributed by atoms with Crippen molar-refractivity contribution in [2.24, 2.45) is 0 Å². The predicted molar refractivity (Wildman–Crippen MR) is 91.4 cm³/mol. The van der Waals surface area contributed by atoms with Crippen molar-refractivity contribution in [1.82, 2.24) is 9.97 Å². The summed E-state index contributed by atoms with van der Waals surface area (Å²) in [5.74, 6) is -0.417. The molecule has 0 saturated heterocycles. The molecule has 124 valence electrons. The van der Waals surface area contributed by atoms with Gasteiger partial charge in [0, 0.05) is 17.1 Å². The third-order valence-electron chi connectivity index (χ3n) is 3.57. The van der Waals surface area contributed by atoms with Crippen LogP contribution in [0.1, 0.15) is 11.3 Å². The molecule has 0 spiro atoms. The van der Waals surface area contributed by atoms with Crippen LogP contribution in [0.2, 0.25) is 5.02 Å². The van der Waals surface area contributed by atoms with Gasteiger partial charge in [-0.1, -0.05) is 17.7 Å². The fraction of sp³-hybridized carbons (Fsp3) is 0.125. The van der Waals surface area contributed by atoms with Crippen LogP contribution >= 0.6 is 11.6 Å². The molecule has 0 saturated carbocycles. The Morgan fingerprint density at radius 3 is 2.83 bits per heavy atom. The number of aliphatic hydroxyl groups is 1. The van der Waals surface area contributed by atoms with Gasteiger partial charge in [0.2, 0.25) is 0 Å². The smallest absolute Gasteiger partial charge is 0.272 e. The van der Waals surface area contributed by atoms with E-state index in [1.165, 1.54) is 6.07 Å². The summed E-state index contributed by atoms with van der Waals surface area (Å²) in [6.45, 7) is -0.261. The third kappa shape index (κ3) is 3.17. The van der Waals surface area contributed by atoms with Crippen LogP contribution in [-0.4, -0.2) is 15.1 Å². The minimum absolute atomic E-state index is 0.0157. The summed E-state index contributed by atoms with van der Waals surface area (Å²) in [5, 5.41) is 12.5. The zero-order valence-corrected chi connectivity index (χ0v) is 13.2. The molecule has 0 unspecified atom stereocenters. The number of nitrogen functional groups attached to an aromatic ring is 1. The Kier molecular flexibility index (Phi) is 4.37. The molecule has 1 aromatic heterocycles. The number of nitrogens with one attached hydrogen (secondary N) is 2. The van der Waals surface area contributed by atoms with E-state index in [0.717, 1.165) is 0 Å². The van der Waals surface area contributed by atoms with E-state index in [2.05, 4.69) is 15.3 Å². The number of nitrogens with zero attached hydrogens (tertiary/aromatic N) is 1. The first kappa shape index (κ1) is 16.2. The topological polar surface area (TPSA) is 104 Å². The highest BCUT2D eigenvalue weighted by Crippen LogP contribution is 2.25. The molecule has 0 aliphatic carbocycles. The normalized spacial score (nSPS) is 11.0. The fourth-order valence-corrected chi connectivity index (χ4v) is 2.46. The van der Waals surface area contributed by atoms with Gasteiger partial charge in [-0.2, -0.15) is 0 Å². The summed E-state index contributed by atoms with van der Waals surface area (Å²) < 4.78 is 13.8. The zero-order valence-electron chi connectivity index (χ0n) is 12.4. The Hall–Kier alpha value is -2.64. The van der Waals surface area contributed by atoms with Crippen molar-refractivity contribution < 1.29 is 9.50 Å². The highest BCUT2D eigenvalue weighted by molar-refractivity contribution is 6.30. The van der Waals surface area contributed by atoms with E-state index in [4.69, 9.17) is 22.4 Å². The van der Waals surface area contributed by atoms with Crippen molar-refractivity contribution in [3.05, 3.63) is 62.8 Å². The number of rotatable bonds is 4. The van der Waals surface area contributed by atoms with Crippen LogP contribution in [0.4, 0.5) is 15.8 Å². The Bertz CT molecular complexity index is 974. The minimum atomic E-state index is -0.464. The summed E-state index contributed by atoms with van der Waals surface area (Å²) in [7, 11) is 0. The van der Waals surface area contributed by atoms with Crippen LogP contribution in [-0.2, 0) is 13.2 Å². The molecule has 0 aliphatic heterocycles. The number of halogens is 2. The number of aromatic nitrogens is 2. The third-order valence-corrected chi connectivity index (χ3v) is 3.80. The lowest BCUT2D eigenvalue weighted by atomic mass is 10.2. The minimum Gasteiger partial charge on any atom is -0.397 e. The molecular formula is C16H14ClFN4O2. The van der Waals surface area contributed by atoms with Crippen molar-refractivity contribution in [1.29, 1.82) is 0 Å². The highest BCUT2D eigenvalue weighted by atomic mass is 35.5. The number of hydrogen-bond donors (Lipinski definition) is 4. The lowest BCUT2D eigenvalue weighted by molar-refractivity contribution is 0.275. The molecule has 0 atom stereocenters. The van der Waals surface area contributed by atoms with Gasteiger partial charge in [-0.15, -0.1) is 0 Å². The van der Waals surface area contributed by atoms with Crippen LogP contribution in [0.5, 0.6) is 0 Å². The second-order valence-electron chi connectivity index (χ2n) is 5.22. The van der Waals surface area contributed by atoms with Gasteiger partial charge in [0.15, 0.2) is 0 Å². The zero-order chi connectivity index (χ0) is 17.3. The van der Waals surface area contributed by atoms with E-state index >= 15 is 0 Å². The summed E-state index contributed by atoms with van der Waals surface area (Å²) in [6.07, 6.45) is 0. The van der Waals surface area contributed by atoms with E-state index in [-0.39, 0.29) is 12.2 Å². The van der Waals surface area contributed by atoms with Crippen LogP contribution < -0.4 is 16.6 Å². The Morgan fingerprint density at radius 2 is 2.12 bits per heavy atom. The van der Waals surface area contributed by atoms with Gasteiger partial charge in [-0.05, 0) is 24.3 Å². The number of aliphatic hydroxyl groups excluding tert-OH is 1. The first-order valence-corrected chi connectivity index (χ1v) is 7.47. The van der Waals surface area contributed by atoms with Gasteiger partial charge in [-0.3, -0.25) is 4.79 Å². The quantitative estimate of drug-likeness (QED) is 0.542. The summed E-state index contributed by atoms with van der Waals surface area (Å²) in [5.41, 5.74) is 7.79. The van der Waals surface area contributed by atoms with Gasteiger partial charge in [0.1, 0.15) is 11.5 Å². The maximum atomic E-state index is 13.8. The summed E-state index contributed by atoms with van der Waals surface area (Å²) >= 11 is 5.73. The van der Waals surface area contributed by atoms with E-state index in [0.29, 0.717) is 33.0 Å². The molecule has 0 amide bonds. The van der Waals surface area contributed by atoms with Gasteiger partial charge >= 0.3 is 0 Å². The van der Waals surface area contributed by atoms with Gasteiger partial charge in [0.25, 0.3) is 5.56 Å². The van der Waals surface area contributed by atoms with E-state index in [9.17, 15) is 9.18 Å². The molecule has 24 heavy (non-hydrogen) atoms. The molecular weight excluding hydrogens is 335 g/mol. The van der Waals surface area contributed by atoms with Crippen molar-refractivity contribution in [2.75, 3.05) is 11.1 Å². The molecule has 0 bridgehead atoms. The second kappa shape index (κ2) is 6.46. The summed E-state index contributed by atoms with van der Waals surface area (Å²) in [6, 6.07) is 7.62. The average molecular weight is 349 g/mol. The van der Waals surface area contributed by atoms with Crippen molar-refractivity contribution in [3.8, 4) is 0 Å². The number of benzene rings is 2. The molecule has 8 heteroatoms. The Morgan fingerprint density at radius 1 is 1.33 bits per heavy atom. The molecule has 2 aromatic carbocycles. The van der Waals surface area contributed by atoms with Gasteiger partial charge in [0.05, 0.1) is 29.0 Å². The van der Waals surface area contributed by atoms with E-state index in [1.54, 1.807) is 24.3 Å². The van der Waals surface area contributed by atoms with E-state index in [1.807, 2.05) is 0 Å². The van der Waals surface area contributed by atoms with Gasteiger partial charge in [-0.25, -0.2) is 9.37 Å². The molecule has 6 nitrogen and oxygen atoms in total. The maximum Gasteiger partial charge on any atom is 0.272 e. The lowest BCUT2D eigenvalue weighted by Crippen LogP contribution is -2.15. The predicted octanol–water partition coefficient (Wildman–Crippen LogP) is 2.40. The second-order valence-corrected chi connectivity index (χ2v) is 5.65. The number of H-pyrrole nitrogens is 1. The van der Waals surface area contributed by atoms with Crippen molar-refractivity contribution in [2.45, 2.75) is 13.2 Å². The molecule has 0 radical (unpaired) electrons. The standard InChI is InChI=1S/C16H14ClFN4O2/c17-9-2-1-8(10(18)3-9)6-20-12-5-14-13(4-11(12)19)22-16(24)15(7-23)21-14/h1-5,20,23H,6-7,19H2,(H,22,24). The molecule has 5 N–H and O–H groups in total. The SMILES string of the molecule is Nc1cc2[nH]c(=O)c(CO)nc2cc1NCc1ccc(Cl)cc1F. The fourth-order valence-electron chi connectivity index (χ4n) is 2.30. The van der Waals surface area contributed by atoms with E-state index < -0.39 is 18.0 Å². The van der Waals surface area contributed by atoms with Crippen LogP contribution in [0.15, 0.2) is 35.1 Å². The highest BCUT2D eigenvalue weighted by Gasteiger charge is 2.09. The average Bonchev–Trinajstić information content (AvgIpc) is 2.54. The monoisotopic (exact) mass is 348 g/mol. The van der Waals surface area contributed by atoms with Crippen molar-refractivity contribution >= 4 is 34.0 Å². The number of fused-ring (bicyclic) bond motifs is 1. The summed E-state index contributed by atoms with van der Waals surface area (Å²) in [4.78, 5) is 18.4. The number of hydrogen-bond acceptors (Lipinski definition) is 5. The molecule has 0 fully saturated rings.